The van der Waals surface area contributed by atoms with E-state index in [1.807, 2.05) is 65.2 Å². The second kappa shape index (κ2) is 4.90. The van der Waals surface area contributed by atoms with Gasteiger partial charge in [-0.1, -0.05) is 35.9 Å². The fraction of sp³-hybridized carbons (Fsp3) is 0.0476. The number of carbonyl (C=O) groups is 1. The predicted octanol–water partition coefficient (Wildman–Crippen LogP) is 4.44. The summed E-state index contributed by atoms with van der Waals surface area (Å²) in [6.07, 6.45) is 0. The molecule has 1 spiro atoms. The second-order valence-corrected chi connectivity index (χ2v) is 7.22. The molecule has 1 atom stereocenters. The van der Waals surface area contributed by atoms with Crippen LogP contribution in [0.15, 0.2) is 66.7 Å². The number of hydrogen-bond donors (Lipinski definition) is 2. The number of amides is 1. The van der Waals surface area contributed by atoms with E-state index in [4.69, 9.17) is 16.6 Å². The second-order valence-electron chi connectivity index (χ2n) is 6.78. The van der Waals surface area contributed by atoms with Crippen LogP contribution in [-0.2, 0) is 10.5 Å². The standard InChI is InChI=1S/C21H13ClN4O/c22-12-9-10-16-14(11-12)21(20(27)24-16)25-15-6-2-1-5-13(15)19-23-17-7-3-4-8-18(17)26(19)21/h1-11,25H,(H,24,27). The molecule has 3 heterocycles. The number of benzene rings is 3. The lowest BCUT2D eigenvalue weighted by Gasteiger charge is -2.37. The Kier molecular flexibility index (Phi) is 2.69. The highest BCUT2D eigenvalue weighted by molar-refractivity contribution is 6.31. The molecular formula is C21H13ClN4O. The van der Waals surface area contributed by atoms with E-state index >= 15 is 0 Å². The third kappa shape index (κ3) is 1.74. The van der Waals surface area contributed by atoms with Gasteiger partial charge >= 0.3 is 0 Å². The molecule has 2 aliphatic heterocycles. The normalized spacial score (nSPS) is 19.4. The Bertz CT molecular complexity index is 1280. The van der Waals surface area contributed by atoms with Crippen LogP contribution in [0.2, 0.25) is 5.02 Å². The number of nitrogens with zero attached hydrogens (tertiary/aromatic N) is 2. The Labute approximate surface area is 159 Å². The Morgan fingerprint density at radius 3 is 2.70 bits per heavy atom. The molecule has 0 saturated carbocycles. The first-order valence-electron chi connectivity index (χ1n) is 8.65. The molecule has 27 heavy (non-hydrogen) atoms. The molecule has 0 bridgehead atoms. The summed E-state index contributed by atoms with van der Waals surface area (Å²) in [5.41, 5.74) is 3.95. The number of anilines is 2. The van der Waals surface area contributed by atoms with Crippen molar-refractivity contribution in [3.05, 3.63) is 77.3 Å². The molecule has 1 aromatic heterocycles. The zero-order valence-electron chi connectivity index (χ0n) is 14.0. The van der Waals surface area contributed by atoms with Gasteiger partial charge in [0.25, 0.3) is 5.91 Å². The largest absolute Gasteiger partial charge is 0.350 e. The average Bonchev–Trinajstić information content (AvgIpc) is 3.20. The SMILES string of the molecule is O=C1Nc2ccc(Cl)cc2C12Nc1ccccc1-c1nc3ccccc3n12. The quantitative estimate of drug-likeness (QED) is 0.480. The molecule has 0 aliphatic carbocycles. The predicted molar refractivity (Wildman–Crippen MR) is 106 cm³/mol. The first-order chi connectivity index (χ1) is 13.2. The van der Waals surface area contributed by atoms with E-state index in [2.05, 4.69) is 10.6 Å². The van der Waals surface area contributed by atoms with Crippen molar-refractivity contribution in [2.24, 2.45) is 0 Å². The first kappa shape index (κ1) is 14.8. The van der Waals surface area contributed by atoms with Crippen LogP contribution in [0, 0.1) is 0 Å². The van der Waals surface area contributed by atoms with Crippen LogP contribution in [0.4, 0.5) is 11.4 Å². The molecular weight excluding hydrogens is 360 g/mol. The third-order valence-corrected chi connectivity index (χ3v) is 5.56. The highest BCUT2D eigenvalue weighted by Gasteiger charge is 2.53. The summed E-state index contributed by atoms with van der Waals surface area (Å²) in [7, 11) is 0. The number of para-hydroxylation sites is 3. The van der Waals surface area contributed by atoms with Gasteiger partial charge in [-0.2, -0.15) is 0 Å². The van der Waals surface area contributed by atoms with Crippen molar-refractivity contribution in [2.75, 3.05) is 10.6 Å². The van der Waals surface area contributed by atoms with Crippen molar-refractivity contribution in [1.82, 2.24) is 9.55 Å². The maximum Gasteiger partial charge on any atom is 0.276 e. The number of imidazole rings is 1. The van der Waals surface area contributed by atoms with Gasteiger partial charge in [-0.25, -0.2) is 4.98 Å². The van der Waals surface area contributed by atoms with E-state index < -0.39 is 5.66 Å². The van der Waals surface area contributed by atoms with Crippen molar-refractivity contribution in [3.8, 4) is 11.4 Å². The van der Waals surface area contributed by atoms with Crippen molar-refractivity contribution in [3.63, 3.8) is 0 Å². The summed E-state index contributed by atoms with van der Waals surface area (Å²) < 4.78 is 1.99. The Morgan fingerprint density at radius 1 is 0.963 bits per heavy atom. The Morgan fingerprint density at radius 2 is 1.78 bits per heavy atom. The Balaban J connectivity index is 1.80. The monoisotopic (exact) mass is 372 g/mol. The van der Waals surface area contributed by atoms with Crippen LogP contribution in [0.5, 0.6) is 0 Å². The average molecular weight is 373 g/mol. The number of halogens is 1. The molecule has 0 saturated heterocycles. The zero-order valence-corrected chi connectivity index (χ0v) is 14.8. The lowest BCUT2D eigenvalue weighted by Crippen LogP contribution is -2.50. The topological polar surface area (TPSA) is 59.0 Å². The number of hydrogen-bond acceptors (Lipinski definition) is 3. The van der Waals surface area contributed by atoms with E-state index in [0.717, 1.165) is 39.4 Å². The molecule has 1 unspecified atom stereocenters. The summed E-state index contributed by atoms with van der Waals surface area (Å²) in [6.45, 7) is 0. The molecule has 3 aromatic carbocycles. The minimum absolute atomic E-state index is 0.154. The van der Waals surface area contributed by atoms with E-state index in [1.54, 1.807) is 6.07 Å². The molecule has 6 rings (SSSR count). The number of carbonyl (C=O) groups excluding carboxylic acids is 1. The Hall–Kier alpha value is -3.31. The number of nitrogens with one attached hydrogen (secondary N) is 2. The molecule has 130 valence electrons. The van der Waals surface area contributed by atoms with Crippen molar-refractivity contribution >= 4 is 39.9 Å². The van der Waals surface area contributed by atoms with Crippen LogP contribution in [0.3, 0.4) is 0 Å². The zero-order chi connectivity index (χ0) is 18.2. The smallest absolute Gasteiger partial charge is 0.276 e. The maximum absolute atomic E-state index is 13.4. The maximum atomic E-state index is 13.4. The van der Waals surface area contributed by atoms with Crippen molar-refractivity contribution in [2.45, 2.75) is 5.66 Å². The summed E-state index contributed by atoms with van der Waals surface area (Å²) in [5.74, 6) is 0.604. The van der Waals surface area contributed by atoms with Gasteiger partial charge in [0.1, 0.15) is 5.82 Å². The van der Waals surface area contributed by atoms with Gasteiger partial charge in [0.15, 0.2) is 0 Å². The van der Waals surface area contributed by atoms with Gasteiger partial charge in [-0.3, -0.25) is 9.36 Å². The number of aromatic nitrogens is 2. The van der Waals surface area contributed by atoms with Crippen molar-refractivity contribution in [1.29, 1.82) is 0 Å². The van der Waals surface area contributed by atoms with Gasteiger partial charge in [0.2, 0.25) is 5.66 Å². The molecule has 5 nitrogen and oxygen atoms in total. The van der Waals surface area contributed by atoms with Crippen LogP contribution in [0.1, 0.15) is 5.56 Å². The van der Waals surface area contributed by atoms with Gasteiger partial charge in [0.05, 0.1) is 11.0 Å². The van der Waals surface area contributed by atoms with E-state index in [0.29, 0.717) is 5.02 Å². The molecule has 2 aliphatic rings. The summed E-state index contributed by atoms with van der Waals surface area (Å²) in [6, 6.07) is 21.2. The molecule has 0 radical (unpaired) electrons. The highest BCUT2D eigenvalue weighted by atomic mass is 35.5. The minimum atomic E-state index is -1.14. The summed E-state index contributed by atoms with van der Waals surface area (Å²) in [5, 5.41) is 7.07. The summed E-state index contributed by atoms with van der Waals surface area (Å²) in [4.78, 5) is 18.2. The van der Waals surface area contributed by atoms with Gasteiger partial charge in [-0.15, -0.1) is 0 Å². The van der Waals surface area contributed by atoms with E-state index in [1.165, 1.54) is 0 Å². The van der Waals surface area contributed by atoms with E-state index in [-0.39, 0.29) is 5.91 Å². The van der Waals surface area contributed by atoms with Gasteiger partial charge < -0.3 is 10.6 Å². The number of fused-ring (bicyclic) bond motifs is 8. The van der Waals surface area contributed by atoms with Crippen LogP contribution >= 0.6 is 11.6 Å². The molecule has 0 fully saturated rings. The molecule has 6 heteroatoms. The lowest BCUT2D eigenvalue weighted by molar-refractivity contribution is -0.120. The van der Waals surface area contributed by atoms with Gasteiger partial charge in [0, 0.05) is 27.5 Å². The van der Waals surface area contributed by atoms with Crippen LogP contribution < -0.4 is 10.6 Å². The fourth-order valence-corrected chi connectivity index (χ4v) is 4.36. The highest BCUT2D eigenvalue weighted by Crippen LogP contribution is 2.49. The molecule has 1 amide bonds. The number of rotatable bonds is 0. The van der Waals surface area contributed by atoms with E-state index in [9.17, 15) is 4.79 Å². The minimum Gasteiger partial charge on any atom is -0.350 e. The van der Waals surface area contributed by atoms with Crippen molar-refractivity contribution < 1.29 is 4.79 Å². The fourth-order valence-electron chi connectivity index (χ4n) is 4.19. The van der Waals surface area contributed by atoms with Crippen LogP contribution in [-0.4, -0.2) is 15.5 Å². The molecule has 2 N–H and O–H groups in total. The lowest BCUT2D eigenvalue weighted by atomic mass is 9.95. The third-order valence-electron chi connectivity index (χ3n) is 5.33. The first-order valence-corrected chi connectivity index (χ1v) is 9.03. The summed E-state index contributed by atoms with van der Waals surface area (Å²) >= 11 is 6.30. The van der Waals surface area contributed by atoms with Crippen LogP contribution in [0.25, 0.3) is 22.4 Å². The molecule has 4 aromatic rings. The van der Waals surface area contributed by atoms with Gasteiger partial charge in [-0.05, 0) is 42.5 Å².